The van der Waals surface area contributed by atoms with Crippen LogP contribution in [0.2, 0.25) is 0 Å². The normalized spacial score (nSPS) is 11.3. The summed E-state index contributed by atoms with van der Waals surface area (Å²) in [6.07, 6.45) is 0.775. The van der Waals surface area contributed by atoms with Gasteiger partial charge in [-0.25, -0.2) is 4.79 Å². The van der Waals surface area contributed by atoms with Crippen LogP contribution in [0.5, 0.6) is 0 Å². The molecule has 122 valence electrons. The van der Waals surface area contributed by atoms with Crippen LogP contribution < -0.4 is 0 Å². The predicted octanol–water partition coefficient (Wildman–Crippen LogP) is 2.61. The molecule has 1 aromatic rings. The zero-order valence-corrected chi connectivity index (χ0v) is 12.4. The molecule has 2 N–H and O–H groups in total. The van der Waals surface area contributed by atoms with Crippen LogP contribution in [-0.2, 0) is 0 Å². The summed E-state index contributed by atoms with van der Waals surface area (Å²) in [5, 5.41) is 38.2. The molecule has 0 saturated heterocycles. The molecule has 0 bridgehead atoms. The second-order valence-electron chi connectivity index (χ2n) is 4.78. The second-order valence-corrected chi connectivity index (χ2v) is 4.78. The van der Waals surface area contributed by atoms with Crippen molar-refractivity contribution in [3.8, 4) is 0 Å². The number of nitro groups is 2. The number of carboxylic acid groups (broad SMARTS) is 1. The summed E-state index contributed by atoms with van der Waals surface area (Å²) < 4.78 is 0. The molecule has 22 heavy (non-hydrogen) atoms. The minimum Gasteiger partial charge on any atom is -0.478 e. The fraction of sp³-hybridized carbons (Fsp3) is 0.462. The van der Waals surface area contributed by atoms with E-state index in [1.807, 2.05) is 20.8 Å². The average Bonchev–Trinajstić information content (AvgIpc) is 2.46. The molecule has 0 aliphatic carbocycles. The highest BCUT2D eigenvalue weighted by Gasteiger charge is 2.19. The topological polar surface area (TPSA) is 144 Å². The van der Waals surface area contributed by atoms with Gasteiger partial charge in [-0.2, -0.15) is 0 Å². The molecular formula is C13H18N2O7. The van der Waals surface area contributed by atoms with Crippen LogP contribution in [0.15, 0.2) is 18.2 Å². The van der Waals surface area contributed by atoms with Gasteiger partial charge in [0.2, 0.25) is 0 Å². The summed E-state index contributed by atoms with van der Waals surface area (Å²) in [4.78, 5) is 29.4. The van der Waals surface area contributed by atoms with Crippen molar-refractivity contribution in [1.29, 1.82) is 0 Å². The summed E-state index contributed by atoms with van der Waals surface area (Å²) in [6, 6.07) is 2.22. The molecule has 9 nitrogen and oxygen atoms in total. The molecule has 1 rings (SSSR count). The number of non-ortho nitro benzene ring substituents is 2. The minimum atomic E-state index is -1.46. The maximum atomic E-state index is 10.5. The summed E-state index contributed by atoms with van der Waals surface area (Å²) in [5.41, 5.74) is -1.74. The highest BCUT2D eigenvalue weighted by molar-refractivity contribution is 5.89. The standard InChI is InChI=1S/C7H4N2O6.C6H14O/c10-7(11)4-1-5(8(12)13)3-6(2-4)9(14)15;1-4-6(7)5(2)3/h1-3H,(H,10,11);5-7H,4H2,1-3H3/t;6-/m.0/s1. The number of nitrogens with zero attached hydrogens (tertiary/aromatic N) is 2. The smallest absolute Gasteiger partial charge is 0.336 e. The fourth-order valence-electron chi connectivity index (χ4n) is 1.40. The molecule has 0 amide bonds. The SMILES string of the molecule is CC[C@H](O)C(C)C.O=C(O)c1cc([N+](=O)[O-])cc([N+](=O)[O-])c1. The number of carboxylic acids is 1. The van der Waals surface area contributed by atoms with E-state index in [-0.39, 0.29) is 6.10 Å². The molecule has 1 aromatic carbocycles. The molecule has 0 saturated carbocycles. The van der Waals surface area contributed by atoms with E-state index in [9.17, 15) is 25.0 Å². The first kappa shape index (κ1) is 19.4. The van der Waals surface area contributed by atoms with Crippen molar-refractivity contribution in [2.75, 3.05) is 0 Å². The lowest BCUT2D eigenvalue weighted by Crippen LogP contribution is -2.11. The van der Waals surface area contributed by atoms with Gasteiger partial charge in [0.05, 0.1) is 27.6 Å². The number of aliphatic hydroxyl groups excluding tert-OH is 1. The van der Waals surface area contributed by atoms with E-state index in [1.54, 1.807) is 0 Å². The van der Waals surface area contributed by atoms with Crippen molar-refractivity contribution >= 4 is 17.3 Å². The third-order valence-corrected chi connectivity index (χ3v) is 2.76. The quantitative estimate of drug-likeness (QED) is 0.627. The molecule has 0 aliphatic heterocycles. The van der Waals surface area contributed by atoms with Crippen molar-refractivity contribution < 1.29 is 24.9 Å². The Balaban J connectivity index is 0.000000534. The molecule has 0 aliphatic rings. The number of hydrogen-bond acceptors (Lipinski definition) is 6. The van der Waals surface area contributed by atoms with Gasteiger partial charge in [-0.15, -0.1) is 0 Å². The largest absolute Gasteiger partial charge is 0.478 e. The predicted molar refractivity (Wildman–Crippen MR) is 77.8 cm³/mol. The first-order valence-electron chi connectivity index (χ1n) is 6.45. The third-order valence-electron chi connectivity index (χ3n) is 2.76. The lowest BCUT2D eigenvalue weighted by molar-refractivity contribution is -0.394. The second kappa shape index (κ2) is 8.67. The van der Waals surface area contributed by atoms with E-state index < -0.39 is 32.8 Å². The van der Waals surface area contributed by atoms with Gasteiger partial charge in [0.25, 0.3) is 11.4 Å². The monoisotopic (exact) mass is 314 g/mol. The third kappa shape index (κ3) is 6.27. The van der Waals surface area contributed by atoms with Crippen LogP contribution in [0.4, 0.5) is 11.4 Å². The molecule has 1 atom stereocenters. The van der Waals surface area contributed by atoms with Gasteiger partial charge >= 0.3 is 5.97 Å². The number of rotatable bonds is 5. The summed E-state index contributed by atoms with van der Waals surface area (Å²) in [5.74, 6) is -1.04. The highest BCUT2D eigenvalue weighted by Crippen LogP contribution is 2.22. The van der Waals surface area contributed by atoms with Crippen molar-refractivity contribution in [3.05, 3.63) is 44.0 Å². The summed E-state index contributed by atoms with van der Waals surface area (Å²) in [6.45, 7) is 6.03. The van der Waals surface area contributed by atoms with Gasteiger partial charge < -0.3 is 10.2 Å². The Bertz CT molecular complexity index is 478. The molecular weight excluding hydrogens is 296 g/mol. The van der Waals surface area contributed by atoms with Crippen molar-refractivity contribution in [3.63, 3.8) is 0 Å². The molecule has 0 fully saturated rings. The van der Waals surface area contributed by atoms with Gasteiger partial charge in [-0.1, -0.05) is 20.8 Å². The van der Waals surface area contributed by atoms with Crippen molar-refractivity contribution in [2.45, 2.75) is 33.3 Å². The zero-order valence-electron chi connectivity index (χ0n) is 12.4. The Labute approximate surface area is 126 Å². The Morgan fingerprint density at radius 3 is 1.73 bits per heavy atom. The summed E-state index contributed by atoms with van der Waals surface area (Å²) >= 11 is 0. The molecule has 0 heterocycles. The lowest BCUT2D eigenvalue weighted by atomic mass is 10.1. The van der Waals surface area contributed by atoms with E-state index in [0.717, 1.165) is 18.6 Å². The van der Waals surface area contributed by atoms with Crippen LogP contribution in [0.1, 0.15) is 37.6 Å². The average molecular weight is 314 g/mol. The maximum absolute atomic E-state index is 10.5. The van der Waals surface area contributed by atoms with Crippen LogP contribution in [0.25, 0.3) is 0 Å². The Hall–Kier alpha value is -2.55. The van der Waals surface area contributed by atoms with E-state index >= 15 is 0 Å². The first-order valence-corrected chi connectivity index (χ1v) is 6.45. The fourth-order valence-corrected chi connectivity index (χ4v) is 1.40. The number of carbonyl (C=O) groups is 1. The Kier molecular flexibility index (Phi) is 7.67. The van der Waals surface area contributed by atoms with Gasteiger partial charge in [-0.05, 0) is 12.3 Å². The van der Waals surface area contributed by atoms with E-state index in [1.165, 1.54) is 0 Å². The number of aliphatic hydroxyl groups is 1. The number of hydrogen-bond donors (Lipinski definition) is 2. The lowest BCUT2D eigenvalue weighted by Gasteiger charge is -2.09. The van der Waals surface area contributed by atoms with Gasteiger partial charge in [0.1, 0.15) is 0 Å². The molecule has 9 heteroatoms. The Morgan fingerprint density at radius 2 is 1.55 bits per heavy atom. The maximum Gasteiger partial charge on any atom is 0.336 e. The van der Waals surface area contributed by atoms with Gasteiger partial charge in [0.15, 0.2) is 0 Å². The van der Waals surface area contributed by atoms with Crippen LogP contribution in [0.3, 0.4) is 0 Å². The Morgan fingerprint density at radius 1 is 1.14 bits per heavy atom. The van der Waals surface area contributed by atoms with Gasteiger partial charge in [-0.3, -0.25) is 20.2 Å². The zero-order chi connectivity index (χ0) is 17.4. The number of benzene rings is 1. The molecule has 0 spiro atoms. The number of nitro benzene ring substituents is 2. The minimum absolute atomic E-state index is 0.0972. The first-order chi connectivity index (χ1) is 10.1. The number of aromatic carboxylic acids is 1. The highest BCUT2D eigenvalue weighted by atomic mass is 16.6. The summed E-state index contributed by atoms with van der Waals surface area (Å²) in [7, 11) is 0. The van der Waals surface area contributed by atoms with Crippen LogP contribution >= 0.6 is 0 Å². The molecule has 0 radical (unpaired) electrons. The van der Waals surface area contributed by atoms with Crippen molar-refractivity contribution in [2.24, 2.45) is 5.92 Å². The van der Waals surface area contributed by atoms with Gasteiger partial charge in [0, 0.05) is 12.1 Å². The van der Waals surface area contributed by atoms with Crippen LogP contribution in [-0.4, -0.2) is 32.1 Å². The van der Waals surface area contributed by atoms with Crippen LogP contribution in [0, 0.1) is 26.1 Å². The van der Waals surface area contributed by atoms with E-state index in [2.05, 4.69) is 0 Å². The molecule has 0 aromatic heterocycles. The van der Waals surface area contributed by atoms with E-state index in [4.69, 9.17) is 10.2 Å². The van der Waals surface area contributed by atoms with Crippen molar-refractivity contribution in [1.82, 2.24) is 0 Å². The van der Waals surface area contributed by atoms with E-state index in [0.29, 0.717) is 12.0 Å². The molecule has 0 unspecified atom stereocenters.